The number of nitrogens with one attached hydrogen (secondary N) is 2. The molecule has 3 rings (SSSR count). The van der Waals surface area contributed by atoms with Crippen molar-refractivity contribution in [3.8, 4) is 5.75 Å². The van der Waals surface area contributed by atoms with E-state index in [4.69, 9.17) is 4.74 Å². The molecule has 0 saturated heterocycles. The summed E-state index contributed by atoms with van der Waals surface area (Å²) < 4.78 is 7.87. The Balaban J connectivity index is 1.44. The van der Waals surface area contributed by atoms with Crippen molar-refractivity contribution in [3.63, 3.8) is 0 Å². The number of hydrogen-bond donors (Lipinski definition) is 2. The van der Waals surface area contributed by atoms with Crippen LogP contribution in [0.25, 0.3) is 10.8 Å². The maximum absolute atomic E-state index is 5.88. The van der Waals surface area contributed by atoms with E-state index in [9.17, 15) is 0 Å². The molecule has 0 bridgehead atoms. The number of aliphatic imine (C=N–C) groups is 1. The van der Waals surface area contributed by atoms with E-state index in [-0.39, 0.29) is 0 Å². The Hall–Kier alpha value is -3.09. The summed E-state index contributed by atoms with van der Waals surface area (Å²) in [6.45, 7) is 7.68. The van der Waals surface area contributed by atoms with Gasteiger partial charge < -0.3 is 19.9 Å². The van der Waals surface area contributed by atoms with Crippen LogP contribution in [0.4, 0.5) is 0 Å². The maximum Gasteiger partial charge on any atom is 0.191 e. The third-order valence-corrected chi connectivity index (χ3v) is 4.36. The zero-order valence-corrected chi connectivity index (χ0v) is 16.6. The molecular weight excluding hydrogens is 352 g/mol. The van der Waals surface area contributed by atoms with E-state index in [1.54, 1.807) is 6.33 Å². The lowest BCUT2D eigenvalue weighted by atomic mass is 10.1. The highest BCUT2D eigenvalue weighted by atomic mass is 16.5. The Morgan fingerprint density at radius 3 is 2.79 bits per heavy atom. The second kappa shape index (κ2) is 10.3. The molecule has 7 nitrogen and oxygen atoms in total. The number of rotatable bonds is 9. The molecular formula is C21H28N6O. The van der Waals surface area contributed by atoms with Crippen LogP contribution in [-0.4, -0.2) is 40.4 Å². The van der Waals surface area contributed by atoms with Crippen LogP contribution < -0.4 is 15.4 Å². The van der Waals surface area contributed by atoms with Crippen LogP contribution >= 0.6 is 0 Å². The molecule has 1 heterocycles. The zero-order valence-electron chi connectivity index (χ0n) is 16.6. The first kappa shape index (κ1) is 19.7. The average molecular weight is 380 g/mol. The molecule has 0 spiro atoms. The molecule has 148 valence electrons. The monoisotopic (exact) mass is 380 g/mol. The summed E-state index contributed by atoms with van der Waals surface area (Å²) >= 11 is 0. The van der Waals surface area contributed by atoms with E-state index in [2.05, 4.69) is 63.9 Å². The van der Waals surface area contributed by atoms with Crippen molar-refractivity contribution >= 4 is 16.7 Å². The lowest BCUT2D eigenvalue weighted by molar-refractivity contribution is 0.311. The van der Waals surface area contributed by atoms with Crippen LogP contribution in [0.1, 0.15) is 26.1 Å². The van der Waals surface area contributed by atoms with Crippen molar-refractivity contribution in [2.45, 2.75) is 33.4 Å². The van der Waals surface area contributed by atoms with Crippen LogP contribution in [0.5, 0.6) is 5.75 Å². The summed E-state index contributed by atoms with van der Waals surface area (Å²) in [5.74, 6) is 2.54. The van der Waals surface area contributed by atoms with Gasteiger partial charge in [0.1, 0.15) is 18.6 Å². The molecule has 7 heteroatoms. The number of ether oxygens (including phenoxy) is 1. The first-order valence-electron chi connectivity index (χ1n) is 9.80. The Morgan fingerprint density at radius 1 is 1.11 bits per heavy atom. The van der Waals surface area contributed by atoms with Crippen LogP contribution in [0, 0.1) is 0 Å². The van der Waals surface area contributed by atoms with Gasteiger partial charge in [0, 0.05) is 19.6 Å². The average Bonchev–Trinajstić information content (AvgIpc) is 3.19. The van der Waals surface area contributed by atoms with Crippen molar-refractivity contribution in [2.75, 3.05) is 19.7 Å². The van der Waals surface area contributed by atoms with Gasteiger partial charge >= 0.3 is 0 Å². The van der Waals surface area contributed by atoms with Crippen molar-refractivity contribution in [1.82, 2.24) is 25.4 Å². The van der Waals surface area contributed by atoms with Crippen molar-refractivity contribution in [1.29, 1.82) is 0 Å². The second-order valence-electron chi connectivity index (χ2n) is 6.37. The Bertz CT molecular complexity index is 905. The van der Waals surface area contributed by atoms with Gasteiger partial charge in [-0.05, 0) is 43.2 Å². The number of aromatic nitrogens is 3. The highest BCUT2D eigenvalue weighted by Crippen LogP contribution is 2.20. The number of nitrogens with zero attached hydrogens (tertiary/aromatic N) is 4. The van der Waals surface area contributed by atoms with Gasteiger partial charge in [-0.25, -0.2) is 4.99 Å². The summed E-state index contributed by atoms with van der Waals surface area (Å²) in [5, 5.41) is 17.1. The van der Waals surface area contributed by atoms with Crippen LogP contribution in [0.15, 0.2) is 53.8 Å². The smallest absolute Gasteiger partial charge is 0.191 e. The molecule has 0 unspecified atom stereocenters. The molecule has 1 aromatic heterocycles. The van der Waals surface area contributed by atoms with Crippen LogP contribution in [0.2, 0.25) is 0 Å². The Labute approximate surface area is 165 Å². The molecule has 0 aliphatic carbocycles. The van der Waals surface area contributed by atoms with Crippen molar-refractivity contribution in [2.24, 2.45) is 4.99 Å². The fourth-order valence-corrected chi connectivity index (χ4v) is 2.88. The number of hydrogen-bond acceptors (Lipinski definition) is 4. The lowest BCUT2D eigenvalue weighted by Gasteiger charge is -2.12. The summed E-state index contributed by atoms with van der Waals surface area (Å²) in [6, 6.07) is 14.5. The molecule has 0 radical (unpaired) electrons. The van der Waals surface area contributed by atoms with Gasteiger partial charge in [-0.15, -0.1) is 10.2 Å². The summed E-state index contributed by atoms with van der Waals surface area (Å²) in [4.78, 5) is 4.58. The Morgan fingerprint density at radius 2 is 1.96 bits per heavy atom. The third-order valence-electron chi connectivity index (χ3n) is 4.36. The van der Waals surface area contributed by atoms with E-state index in [1.807, 2.05) is 22.8 Å². The fourth-order valence-electron chi connectivity index (χ4n) is 2.88. The second-order valence-corrected chi connectivity index (χ2v) is 6.37. The molecule has 0 aliphatic heterocycles. The third kappa shape index (κ3) is 5.45. The molecule has 0 aliphatic rings. The number of benzene rings is 2. The summed E-state index contributed by atoms with van der Waals surface area (Å²) in [5.41, 5.74) is 0. The van der Waals surface area contributed by atoms with Gasteiger partial charge in [-0.3, -0.25) is 0 Å². The highest BCUT2D eigenvalue weighted by molar-refractivity contribution is 5.83. The minimum absolute atomic E-state index is 0.497. The molecule has 0 fully saturated rings. The first-order chi connectivity index (χ1) is 13.8. The van der Waals surface area contributed by atoms with E-state index in [0.29, 0.717) is 13.2 Å². The Kier molecular flexibility index (Phi) is 7.23. The van der Waals surface area contributed by atoms with Gasteiger partial charge in [-0.1, -0.05) is 30.3 Å². The van der Waals surface area contributed by atoms with Gasteiger partial charge in [0.05, 0.1) is 6.61 Å². The van der Waals surface area contributed by atoms with Crippen molar-refractivity contribution in [3.05, 3.63) is 54.6 Å². The quantitative estimate of drug-likeness (QED) is 0.339. The molecule has 2 N–H and O–H groups in total. The molecule has 2 aromatic carbocycles. The van der Waals surface area contributed by atoms with E-state index >= 15 is 0 Å². The van der Waals surface area contributed by atoms with Gasteiger partial charge in [0.15, 0.2) is 11.8 Å². The molecule has 0 saturated carbocycles. The van der Waals surface area contributed by atoms with Crippen LogP contribution in [0.3, 0.4) is 0 Å². The van der Waals surface area contributed by atoms with E-state index in [1.165, 1.54) is 10.8 Å². The van der Waals surface area contributed by atoms with E-state index < -0.39 is 0 Å². The van der Waals surface area contributed by atoms with Gasteiger partial charge in [0.2, 0.25) is 0 Å². The zero-order chi connectivity index (χ0) is 19.6. The molecule has 0 atom stereocenters. The van der Waals surface area contributed by atoms with Gasteiger partial charge in [0.25, 0.3) is 0 Å². The topological polar surface area (TPSA) is 76.4 Å². The van der Waals surface area contributed by atoms with E-state index in [0.717, 1.165) is 43.6 Å². The predicted molar refractivity (Wildman–Crippen MR) is 113 cm³/mol. The largest absolute Gasteiger partial charge is 0.494 e. The number of aryl methyl sites for hydroxylation is 1. The fraction of sp³-hybridized carbons (Fsp3) is 0.381. The van der Waals surface area contributed by atoms with Crippen molar-refractivity contribution < 1.29 is 4.74 Å². The lowest BCUT2D eigenvalue weighted by Crippen LogP contribution is -2.38. The summed E-state index contributed by atoms with van der Waals surface area (Å²) in [6.07, 6.45) is 2.61. The van der Waals surface area contributed by atoms with Gasteiger partial charge in [-0.2, -0.15) is 0 Å². The standard InChI is InChI=1S/C21H28N6O/c1-3-22-21(24-15-20-26-25-16-27(20)4-2)23-12-7-13-28-19-11-10-17-8-5-6-9-18(17)14-19/h5-6,8-11,14,16H,3-4,7,12-13,15H2,1-2H3,(H2,22,23,24). The minimum atomic E-state index is 0.497. The number of guanidine groups is 1. The molecule has 3 aromatic rings. The summed E-state index contributed by atoms with van der Waals surface area (Å²) in [7, 11) is 0. The number of fused-ring (bicyclic) bond motifs is 1. The first-order valence-corrected chi connectivity index (χ1v) is 9.80. The van der Waals surface area contributed by atoms with Crippen LogP contribution in [-0.2, 0) is 13.1 Å². The normalized spacial score (nSPS) is 11.6. The molecule has 28 heavy (non-hydrogen) atoms. The minimum Gasteiger partial charge on any atom is -0.494 e. The maximum atomic E-state index is 5.88. The highest BCUT2D eigenvalue weighted by Gasteiger charge is 2.03. The predicted octanol–water partition coefficient (Wildman–Crippen LogP) is 2.98. The SMILES string of the molecule is CCNC(=NCc1nncn1CC)NCCCOc1ccc2ccccc2c1. The molecule has 0 amide bonds.